The van der Waals surface area contributed by atoms with E-state index in [1.54, 1.807) is 24.3 Å². The lowest BCUT2D eigenvalue weighted by Gasteiger charge is -2.23. The van der Waals surface area contributed by atoms with Crippen molar-refractivity contribution in [3.63, 3.8) is 0 Å². The largest absolute Gasteiger partial charge is 0.279 e. The average Bonchev–Trinajstić information content (AvgIpc) is 2.40. The number of nitrogens with one attached hydrogen (secondary N) is 1. The first-order chi connectivity index (χ1) is 10.1. The Balaban J connectivity index is 2.44. The van der Waals surface area contributed by atoms with Crippen molar-refractivity contribution >= 4 is 31.6 Å². The van der Waals surface area contributed by atoms with E-state index < -0.39 is 10.0 Å². The predicted molar refractivity (Wildman–Crippen MR) is 94.8 cm³/mol. The van der Waals surface area contributed by atoms with E-state index in [0.29, 0.717) is 5.69 Å². The molecule has 0 fully saturated rings. The van der Waals surface area contributed by atoms with Gasteiger partial charge < -0.3 is 0 Å². The second kappa shape index (κ2) is 6.05. The molecule has 0 amide bonds. The molecule has 1 N–H and O–H groups in total. The third-order valence-corrected chi connectivity index (χ3v) is 5.67. The van der Waals surface area contributed by atoms with E-state index >= 15 is 0 Å². The topological polar surface area (TPSA) is 46.2 Å². The lowest BCUT2D eigenvalue weighted by atomic mass is 9.86. The van der Waals surface area contributed by atoms with Gasteiger partial charge in [0.05, 0.1) is 10.6 Å². The van der Waals surface area contributed by atoms with Gasteiger partial charge in [-0.3, -0.25) is 4.72 Å². The molecule has 0 heterocycles. The molecule has 0 unspecified atom stereocenters. The summed E-state index contributed by atoms with van der Waals surface area (Å²) in [7, 11) is -3.61. The first-order valence-electron chi connectivity index (χ1n) is 7.00. The van der Waals surface area contributed by atoms with Crippen LogP contribution in [0.25, 0.3) is 0 Å². The molecular weight excluding hydrogens is 362 g/mol. The van der Waals surface area contributed by atoms with Crippen molar-refractivity contribution in [2.75, 3.05) is 4.72 Å². The van der Waals surface area contributed by atoms with Crippen molar-refractivity contribution < 1.29 is 8.42 Å². The molecule has 118 valence electrons. The van der Waals surface area contributed by atoms with E-state index in [4.69, 9.17) is 0 Å². The highest BCUT2D eigenvalue weighted by atomic mass is 79.9. The second-order valence-corrected chi connectivity index (χ2v) is 8.85. The molecular formula is C17H20BrNO2S. The SMILES string of the molecule is Cc1cc(S(=O)(=O)Nc2ccccc2C(C)(C)C)ccc1Br. The molecule has 0 aliphatic rings. The van der Waals surface area contributed by atoms with Gasteiger partial charge in [-0.25, -0.2) is 8.42 Å². The van der Waals surface area contributed by atoms with Crippen molar-refractivity contribution in [2.45, 2.75) is 38.0 Å². The Morgan fingerprint density at radius 1 is 1.05 bits per heavy atom. The van der Waals surface area contributed by atoms with Crippen LogP contribution >= 0.6 is 15.9 Å². The Hall–Kier alpha value is -1.33. The molecule has 0 spiro atoms. The van der Waals surface area contributed by atoms with Crippen molar-refractivity contribution in [2.24, 2.45) is 0 Å². The minimum Gasteiger partial charge on any atom is -0.279 e. The number of benzene rings is 2. The quantitative estimate of drug-likeness (QED) is 0.825. The number of anilines is 1. The van der Waals surface area contributed by atoms with Gasteiger partial charge in [0.1, 0.15) is 0 Å². The average molecular weight is 382 g/mol. The van der Waals surface area contributed by atoms with E-state index in [2.05, 4.69) is 41.4 Å². The lowest BCUT2D eigenvalue weighted by Crippen LogP contribution is -2.19. The lowest BCUT2D eigenvalue weighted by molar-refractivity contribution is 0.590. The maximum atomic E-state index is 12.6. The predicted octanol–water partition coefficient (Wildman–Crippen LogP) is 4.86. The summed E-state index contributed by atoms with van der Waals surface area (Å²) in [6.45, 7) is 8.05. The normalized spacial score (nSPS) is 12.2. The molecule has 0 aliphatic carbocycles. The number of hydrogen-bond donors (Lipinski definition) is 1. The van der Waals surface area contributed by atoms with E-state index in [1.807, 2.05) is 25.1 Å². The number of halogens is 1. The van der Waals surface area contributed by atoms with Gasteiger partial charge in [0.25, 0.3) is 10.0 Å². The Morgan fingerprint density at radius 3 is 2.27 bits per heavy atom. The van der Waals surface area contributed by atoms with E-state index in [0.717, 1.165) is 15.6 Å². The van der Waals surface area contributed by atoms with Gasteiger partial charge in [-0.2, -0.15) is 0 Å². The number of aryl methyl sites for hydroxylation is 1. The van der Waals surface area contributed by atoms with Crippen LogP contribution in [0.2, 0.25) is 0 Å². The molecule has 0 saturated carbocycles. The third kappa shape index (κ3) is 3.70. The van der Waals surface area contributed by atoms with Crippen LogP contribution < -0.4 is 4.72 Å². The summed E-state index contributed by atoms with van der Waals surface area (Å²) < 4.78 is 28.8. The molecule has 2 aromatic rings. The zero-order valence-corrected chi connectivity index (χ0v) is 15.5. The van der Waals surface area contributed by atoms with Crippen LogP contribution in [-0.2, 0) is 15.4 Å². The number of rotatable bonds is 3. The highest BCUT2D eigenvalue weighted by molar-refractivity contribution is 9.10. The minimum absolute atomic E-state index is 0.144. The van der Waals surface area contributed by atoms with Gasteiger partial charge in [0.15, 0.2) is 0 Å². The maximum absolute atomic E-state index is 12.6. The zero-order chi connectivity index (χ0) is 16.5. The number of sulfonamides is 1. The Bertz CT molecular complexity index is 793. The Morgan fingerprint density at radius 2 is 1.68 bits per heavy atom. The standard InChI is InChI=1S/C17H20BrNO2S/c1-12-11-13(9-10-15(12)18)22(20,21)19-16-8-6-5-7-14(16)17(2,3)4/h5-11,19H,1-4H3. The summed E-state index contributed by atoms with van der Waals surface area (Å²) in [6.07, 6.45) is 0. The van der Waals surface area contributed by atoms with Crippen LogP contribution in [0.4, 0.5) is 5.69 Å². The highest BCUT2D eigenvalue weighted by Gasteiger charge is 2.21. The summed E-state index contributed by atoms with van der Waals surface area (Å²) in [4.78, 5) is 0.261. The van der Waals surface area contributed by atoms with Gasteiger partial charge in [-0.15, -0.1) is 0 Å². The van der Waals surface area contributed by atoms with Gasteiger partial charge in [0.2, 0.25) is 0 Å². The fourth-order valence-corrected chi connectivity index (χ4v) is 3.63. The maximum Gasteiger partial charge on any atom is 0.261 e. The molecule has 0 radical (unpaired) electrons. The summed E-state index contributed by atoms with van der Waals surface area (Å²) in [5, 5.41) is 0. The first kappa shape index (κ1) is 17.0. The Labute approximate surface area is 140 Å². The van der Waals surface area contributed by atoms with Crippen molar-refractivity contribution in [1.82, 2.24) is 0 Å². The molecule has 2 aromatic carbocycles. The number of para-hydroxylation sites is 1. The fourth-order valence-electron chi connectivity index (χ4n) is 2.21. The van der Waals surface area contributed by atoms with Gasteiger partial charge >= 0.3 is 0 Å². The van der Waals surface area contributed by atoms with Crippen molar-refractivity contribution in [3.05, 3.63) is 58.1 Å². The molecule has 2 rings (SSSR count). The monoisotopic (exact) mass is 381 g/mol. The van der Waals surface area contributed by atoms with Gasteiger partial charge in [0, 0.05) is 4.47 Å². The van der Waals surface area contributed by atoms with E-state index in [1.165, 1.54) is 0 Å². The zero-order valence-electron chi connectivity index (χ0n) is 13.1. The third-order valence-electron chi connectivity index (χ3n) is 3.42. The van der Waals surface area contributed by atoms with E-state index in [9.17, 15) is 8.42 Å². The second-order valence-electron chi connectivity index (χ2n) is 6.31. The first-order valence-corrected chi connectivity index (χ1v) is 9.27. The van der Waals surface area contributed by atoms with Gasteiger partial charge in [-0.05, 0) is 47.7 Å². The van der Waals surface area contributed by atoms with Crippen molar-refractivity contribution in [1.29, 1.82) is 0 Å². The molecule has 0 atom stereocenters. The van der Waals surface area contributed by atoms with Crippen LogP contribution in [-0.4, -0.2) is 8.42 Å². The van der Waals surface area contributed by atoms with Crippen LogP contribution in [0, 0.1) is 6.92 Å². The summed E-state index contributed by atoms with van der Waals surface area (Å²) in [5.41, 5.74) is 2.32. The molecule has 0 aliphatic heterocycles. The molecule has 0 bridgehead atoms. The minimum atomic E-state index is -3.61. The molecule has 0 aromatic heterocycles. The molecule has 3 nitrogen and oxygen atoms in total. The van der Waals surface area contributed by atoms with Crippen molar-refractivity contribution in [3.8, 4) is 0 Å². The van der Waals surface area contributed by atoms with E-state index in [-0.39, 0.29) is 10.3 Å². The Kier molecular flexibility index (Phi) is 4.68. The highest BCUT2D eigenvalue weighted by Crippen LogP contribution is 2.31. The summed E-state index contributed by atoms with van der Waals surface area (Å²) in [5.74, 6) is 0. The summed E-state index contributed by atoms with van der Waals surface area (Å²) >= 11 is 3.39. The smallest absolute Gasteiger partial charge is 0.261 e. The van der Waals surface area contributed by atoms with Crippen LogP contribution in [0.1, 0.15) is 31.9 Å². The van der Waals surface area contributed by atoms with Crippen LogP contribution in [0.15, 0.2) is 51.8 Å². The number of hydrogen-bond acceptors (Lipinski definition) is 2. The van der Waals surface area contributed by atoms with Gasteiger partial charge in [-0.1, -0.05) is 54.9 Å². The fraction of sp³-hybridized carbons (Fsp3) is 0.294. The molecule has 22 heavy (non-hydrogen) atoms. The molecule has 5 heteroatoms. The molecule has 0 saturated heterocycles. The summed E-state index contributed by atoms with van der Waals surface area (Å²) in [6, 6.07) is 12.5. The van der Waals surface area contributed by atoms with Crippen LogP contribution in [0.5, 0.6) is 0 Å². The van der Waals surface area contributed by atoms with Crippen LogP contribution in [0.3, 0.4) is 0 Å².